The molecule has 1 aliphatic rings. The van der Waals surface area contributed by atoms with Gasteiger partial charge >= 0.3 is 0 Å². The van der Waals surface area contributed by atoms with Crippen LogP contribution in [0.25, 0.3) is 0 Å². The van der Waals surface area contributed by atoms with Gasteiger partial charge in [0.25, 0.3) is 0 Å². The maximum absolute atomic E-state index is 5.64. The van der Waals surface area contributed by atoms with Crippen molar-refractivity contribution in [3.8, 4) is 0 Å². The SMILES string of the molecule is CCNCC1CCN(Cc2cnc(N)s2)CC1. The normalized spacial score (nSPS) is 18.6. The molecule has 2 rings (SSSR count). The van der Waals surface area contributed by atoms with Crippen LogP contribution >= 0.6 is 11.3 Å². The minimum atomic E-state index is 0.682. The van der Waals surface area contributed by atoms with E-state index in [2.05, 4.69) is 22.1 Å². The maximum atomic E-state index is 5.64. The summed E-state index contributed by atoms with van der Waals surface area (Å²) in [5.41, 5.74) is 5.64. The predicted molar refractivity (Wildman–Crippen MR) is 73.1 cm³/mol. The number of likely N-dealkylation sites (tertiary alicyclic amines) is 1. The number of rotatable bonds is 5. The Kier molecular flexibility index (Phi) is 4.76. The zero-order valence-corrected chi connectivity index (χ0v) is 11.3. The van der Waals surface area contributed by atoms with Gasteiger partial charge in [0.15, 0.2) is 5.13 Å². The molecule has 1 aromatic heterocycles. The maximum Gasteiger partial charge on any atom is 0.180 e. The van der Waals surface area contributed by atoms with Gasteiger partial charge in [0.1, 0.15) is 0 Å². The fourth-order valence-electron chi connectivity index (χ4n) is 2.31. The second-order valence-electron chi connectivity index (χ2n) is 4.69. The van der Waals surface area contributed by atoms with Gasteiger partial charge in [0.2, 0.25) is 0 Å². The van der Waals surface area contributed by atoms with E-state index >= 15 is 0 Å². The molecular weight excluding hydrogens is 232 g/mol. The molecule has 0 saturated carbocycles. The molecular formula is C12H22N4S. The van der Waals surface area contributed by atoms with Gasteiger partial charge in [-0.1, -0.05) is 6.92 Å². The Bertz CT molecular complexity index is 331. The quantitative estimate of drug-likeness (QED) is 0.837. The molecule has 2 heterocycles. The van der Waals surface area contributed by atoms with Crippen LogP contribution < -0.4 is 11.1 Å². The van der Waals surface area contributed by atoms with Crippen molar-refractivity contribution in [3.05, 3.63) is 11.1 Å². The Balaban J connectivity index is 1.72. The summed E-state index contributed by atoms with van der Waals surface area (Å²) in [4.78, 5) is 7.89. The van der Waals surface area contributed by atoms with Crippen molar-refractivity contribution in [2.75, 3.05) is 31.9 Å². The summed E-state index contributed by atoms with van der Waals surface area (Å²) >= 11 is 1.61. The summed E-state index contributed by atoms with van der Waals surface area (Å²) in [5, 5.41) is 4.13. The van der Waals surface area contributed by atoms with Gasteiger partial charge in [-0.2, -0.15) is 0 Å². The fraction of sp³-hybridized carbons (Fsp3) is 0.750. The van der Waals surface area contributed by atoms with Crippen molar-refractivity contribution in [3.63, 3.8) is 0 Å². The molecule has 0 aliphatic carbocycles. The van der Waals surface area contributed by atoms with E-state index in [1.54, 1.807) is 11.3 Å². The van der Waals surface area contributed by atoms with Gasteiger partial charge < -0.3 is 11.1 Å². The van der Waals surface area contributed by atoms with Crippen LogP contribution in [-0.2, 0) is 6.54 Å². The molecule has 0 radical (unpaired) electrons. The van der Waals surface area contributed by atoms with Crippen molar-refractivity contribution in [2.24, 2.45) is 5.92 Å². The number of hydrogen-bond donors (Lipinski definition) is 2. The zero-order valence-electron chi connectivity index (χ0n) is 10.5. The van der Waals surface area contributed by atoms with Crippen LogP contribution in [0.3, 0.4) is 0 Å². The van der Waals surface area contributed by atoms with Crippen LogP contribution in [0.15, 0.2) is 6.20 Å². The smallest absolute Gasteiger partial charge is 0.180 e. The molecule has 96 valence electrons. The molecule has 0 aromatic carbocycles. The summed E-state index contributed by atoms with van der Waals surface area (Å²) < 4.78 is 0. The van der Waals surface area contributed by atoms with Crippen molar-refractivity contribution in [2.45, 2.75) is 26.3 Å². The Morgan fingerprint density at radius 1 is 1.53 bits per heavy atom. The van der Waals surface area contributed by atoms with Gasteiger partial charge in [0.05, 0.1) is 0 Å². The van der Waals surface area contributed by atoms with E-state index in [0.717, 1.165) is 19.0 Å². The summed E-state index contributed by atoms with van der Waals surface area (Å²) in [7, 11) is 0. The topological polar surface area (TPSA) is 54.2 Å². The lowest BCUT2D eigenvalue weighted by molar-refractivity contribution is 0.177. The molecule has 17 heavy (non-hydrogen) atoms. The lowest BCUT2D eigenvalue weighted by Crippen LogP contribution is -2.36. The van der Waals surface area contributed by atoms with E-state index in [1.807, 2.05) is 6.20 Å². The Morgan fingerprint density at radius 3 is 2.88 bits per heavy atom. The average molecular weight is 254 g/mol. The molecule has 0 atom stereocenters. The van der Waals surface area contributed by atoms with Crippen molar-refractivity contribution in [1.29, 1.82) is 0 Å². The van der Waals surface area contributed by atoms with Gasteiger partial charge in [0, 0.05) is 17.6 Å². The largest absolute Gasteiger partial charge is 0.375 e. The number of piperidine rings is 1. The van der Waals surface area contributed by atoms with Gasteiger partial charge in [-0.3, -0.25) is 4.90 Å². The van der Waals surface area contributed by atoms with Gasteiger partial charge in [-0.05, 0) is 44.9 Å². The molecule has 1 saturated heterocycles. The van der Waals surface area contributed by atoms with Gasteiger partial charge in [-0.25, -0.2) is 4.98 Å². The van der Waals surface area contributed by atoms with Crippen LogP contribution in [0.5, 0.6) is 0 Å². The lowest BCUT2D eigenvalue weighted by Gasteiger charge is -2.31. The highest BCUT2D eigenvalue weighted by Crippen LogP contribution is 2.21. The van der Waals surface area contributed by atoms with Crippen LogP contribution in [0, 0.1) is 5.92 Å². The molecule has 0 bridgehead atoms. The molecule has 0 unspecified atom stereocenters. The molecule has 0 amide bonds. The molecule has 1 aromatic rings. The first-order valence-corrected chi connectivity index (χ1v) is 7.23. The molecule has 1 aliphatic heterocycles. The first kappa shape index (κ1) is 12.8. The molecule has 5 heteroatoms. The Labute approximate surface area is 107 Å². The van der Waals surface area contributed by atoms with E-state index in [1.165, 1.54) is 37.4 Å². The molecule has 4 nitrogen and oxygen atoms in total. The van der Waals surface area contributed by atoms with Crippen molar-refractivity contribution < 1.29 is 0 Å². The fourth-order valence-corrected chi connectivity index (χ4v) is 3.04. The summed E-state index contributed by atoms with van der Waals surface area (Å²) in [6.45, 7) is 7.85. The number of hydrogen-bond acceptors (Lipinski definition) is 5. The van der Waals surface area contributed by atoms with E-state index < -0.39 is 0 Å². The number of nitrogens with zero attached hydrogens (tertiary/aromatic N) is 2. The molecule has 3 N–H and O–H groups in total. The number of nitrogen functional groups attached to an aromatic ring is 1. The zero-order chi connectivity index (χ0) is 12.1. The van der Waals surface area contributed by atoms with Crippen LogP contribution in [0.4, 0.5) is 5.13 Å². The van der Waals surface area contributed by atoms with E-state index in [0.29, 0.717) is 5.13 Å². The van der Waals surface area contributed by atoms with Crippen LogP contribution in [0.1, 0.15) is 24.6 Å². The van der Waals surface area contributed by atoms with Crippen molar-refractivity contribution >= 4 is 16.5 Å². The van der Waals surface area contributed by atoms with Crippen LogP contribution in [0.2, 0.25) is 0 Å². The number of anilines is 1. The van der Waals surface area contributed by atoms with E-state index in [9.17, 15) is 0 Å². The summed E-state index contributed by atoms with van der Waals surface area (Å²) in [5.74, 6) is 0.859. The monoisotopic (exact) mass is 254 g/mol. The van der Waals surface area contributed by atoms with E-state index in [-0.39, 0.29) is 0 Å². The highest BCUT2D eigenvalue weighted by Gasteiger charge is 2.19. The van der Waals surface area contributed by atoms with Crippen molar-refractivity contribution in [1.82, 2.24) is 15.2 Å². The lowest BCUT2D eigenvalue weighted by atomic mass is 9.97. The third-order valence-corrected chi connectivity index (χ3v) is 4.15. The average Bonchev–Trinajstić information content (AvgIpc) is 2.74. The summed E-state index contributed by atoms with van der Waals surface area (Å²) in [6.07, 6.45) is 4.52. The third kappa shape index (κ3) is 3.94. The predicted octanol–water partition coefficient (Wildman–Crippen LogP) is 1.55. The minimum Gasteiger partial charge on any atom is -0.375 e. The number of nitrogens with one attached hydrogen (secondary N) is 1. The highest BCUT2D eigenvalue weighted by molar-refractivity contribution is 7.15. The Morgan fingerprint density at radius 2 is 2.29 bits per heavy atom. The van der Waals surface area contributed by atoms with E-state index in [4.69, 9.17) is 5.73 Å². The second kappa shape index (κ2) is 6.33. The first-order chi connectivity index (χ1) is 8.28. The standard InChI is InChI=1S/C12H22N4S/c1-2-14-7-10-3-5-16(6-4-10)9-11-8-15-12(13)17-11/h8,10,14H,2-7,9H2,1H3,(H2,13,15). The minimum absolute atomic E-state index is 0.682. The number of thiazole rings is 1. The van der Waals surface area contributed by atoms with Crippen LogP contribution in [-0.4, -0.2) is 36.1 Å². The molecule has 0 spiro atoms. The van der Waals surface area contributed by atoms with Gasteiger partial charge in [-0.15, -0.1) is 11.3 Å². The number of nitrogens with two attached hydrogens (primary N) is 1. The second-order valence-corrected chi connectivity index (χ2v) is 5.84. The number of aromatic nitrogens is 1. The molecule has 1 fully saturated rings. The summed E-state index contributed by atoms with van der Waals surface area (Å²) in [6, 6.07) is 0. The first-order valence-electron chi connectivity index (χ1n) is 6.41. The third-order valence-electron chi connectivity index (χ3n) is 3.34. The highest BCUT2D eigenvalue weighted by atomic mass is 32.1. The Hall–Kier alpha value is -0.650.